The second-order valence-electron chi connectivity index (χ2n) is 8.33. The highest BCUT2D eigenvalue weighted by Gasteiger charge is 2.40. The monoisotopic (exact) mass is 561 g/mol. The van der Waals surface area contributed by atoms with E-state index in [9.17, 15) is 29.6 Å². The topological polar surface area (TPSA) is 164 Å². The Labute approximate surface area is 232 Å². The first-order valence-electron chi connectivity index (χ1n) is 12.0. The molecule has 1 heterocycles. The molecule has 1 atom stereocenters. The van der Waals surface area contributed by atoms with E-state index in [2.05, 4.69) is 15.5 Å². The maximum absolute atomic E-state index is 13.3. The number of ether oxygens (including phenoxy) is 1. The second-order valence-corrected chi connectivity index (χ2v) is 9.50. The summed E-state index contributed by atoms with van der Waals surface area (Å²) in [5, 5.41) is 30.9. The average Bonchev–Trinajstić information content (AvgIpc) is 3.24. The minimum atomic E-state index is -0.820. The molecule has 1 aliphatic rings. The molecule has 3 aromatic rings. The lowest BCUT2D eigenvalue weighted by atomic mass is 10.2. The van der Waals surface area contributed by atoms with E-state index in [-0.39, 0.29) is 29.6 Å². The molecule has 0 aromatic heterocycles. The van der Waals surface area contributed by atoms with Crippen molar-refractivity contribution >= 4 is 58.0 Å². The average molecular weight is 562 g/mol. The van der Waals surface area contributed by atoms with Crippen LogP contribution in [0.4, 0.5) is 17.1 Å². The van der Waals surface area contributed by atoms with Crippen LogP contribution in [0.2, 0.25) is 0 Å². The fraction of sp³-hybridized carbons (Fsp3) is 0.148. The summed E-state index contributed by atoms with van der Waals surface area (Å²) in [5.41, 5.74) is 1.54. The van der Waals surface area contributed by atoms with E-state index < -0.39 is 28.0 Å². The molecule has 0 aliphatic carbocycles. The Hall–Kier alpha value is -5.04. The third-order valence-corrected chi connectivity index (χ3v) is 6.65. The number of aromatic hydroxyl groups is 1. The van der Waals surface area contributed by atoms with Crippen LogP contribution in [0.3, 0.4) is 0 Å². The Morgan fingerprint density at radius 1 is 1.15 bits per heavy atom. The molecule has 1 unspecified atom stereocenters. The normalized spacial score (nSPS) is 15.9. The molecule has 204 valence electrons. The van der Waals surface area contributed by atoms with Crippen LogP contribution in [-0.4, -0.2) is 51.1 Å². The molecular formula is C27H23N5O7S. The zero-order valence-corrected chi connectivity index (χ0v) is 21.9. The minimum absolute atomic E-state index is 0.00938. The summed E-state index contributed by atoms with van der Waals surface area (Å²) in [6.07, 6.45) is 1.14. The van der Waals surface area contributed by atoms with Crippen molar-refractivity contribution in [3.8, 4) is 5.75 Å². The predicted octanol–water partition coefficient (Wildman–Crippen LogP) is 4.34. The van der Waals surface area contributed by atoms with Gasteiger partial charge in [0.1, 0.15) is 11.0 Å². The molecule has 40 heavy (non-hydrogen) atoms. The van der Waals surface area contributed by atoms with Gasteiger partial charge in [0, 0.05) is 29.8 Å². The van der Waals surface area contributed by atoms with E-state index >= 15 is 0 Å². The summed E-state index contributed by atoms with van der Waals surface area (Å²) in [7, 11) is 0. The number of nitro benzene ring substituents is 1. The fourth-order valence-corrected chi connectivity index (χ4v) is 4.74. The fourth-order valence-electron chi connectivity index (χ4n) is 3.65. The molecule has 0 spiro atoms. The number of phenols is 1. The number of amidine groups is 1. The van der Waals surface area contributed by atoms with Gasteiger partial charge in [-0.25, -0.2) is 4.79 Å². The zero-order valence-electron chi connectivity index (χ0n) is 21.1. The zero-order chi connectivity index (χ0) is 28.6. The van der Waals surface area contributed by atoms with Gasteiger partial charge in [0.15, 0.2) is 5.17 Å². The Kier molecular flexibility index (Phi) is 8.86. The van der Waals surface area contributed by atoms with Crippen LogP contribution < -0.4 is 10.2 Å². The van der Waals surface area contributed by atoms with Gasteiger partial charge in [-0.3, -0.25) is 24.6 Å². The van der Waals surface area contributed by atoms with E-state index in [0.29, 0.717) is 22.5 Å². The molecule has 1 saturated heterocycles. The van der Waals surface area contributed by atoms with Crippen LogP contribution in [0.1, 0.15) is 29.3 Å². The summed E-state index contributed by atoms with van der Waals surface area (Å²) in [5.74, 6) is -1.30. The van der Waals surface area contributed by atoms with E-state index in [0.717, 1.165) is 11.8 Å². The Balaban J connectivity index is 1.50. The van der Waals surface area contributed by atoms with Crippen molar-refractivity contribution in [2.24, 2.45) is 10.2 Å². The maximum atomic E-state index is 13.3. The molecule has 0 bridgehead atoms. The number of esters is 1. The van der Waals surface area contributed by atoms with Gasteiger partial charge < -0.3 is 15.2 Å². The summed E-state index contributed by atoms with van der Waals surface area (Å²) < 4.78 is 4.95. The number of non-ortho nitro benzene ring substituents is 1. The summed E-state index contributed by atoms with van der Waals surface area (Å²) in [6, 6.07) is 17.9. The molecule has 12 nitrogen and oxygen atoms in total. The van der Waals surface area contributed by atoms with Crippen molar-refractivity contribution in [1.82, 2.24) is 0 Å². The largest absolute Gasteiger partial charge is 0.508 e. The van der Waals surface area contributed by atoms with E-state index in [1.165, 1.54) is 65.7 Å². The van der Waals surface area contributed by atoms with Crippen LogP contribution in [-0.2, 0) is 14.3 Å². The number of phenolic OH excluding ortho intramolecular Hbond substituents is 1. The van der Waals surface area contributed by atoms with Gasteiger partial charge in [-0.05, 0) is 55.5 Å². The summed E-state index contributed by atoms with van der Waals surface area (Å²) in [4.78, 5) is 49.7. The highest BCUT2D eigenvalue weighted by atomic mass is 32.2. The molecule has 0 saturated carbocycles. The van der Waals surface area contributed by atoms with Gasteiger partial charge in [-0.15, -0.1) is 5.10 Å². The van der Waals surface area contributed by atoms with Crippen LogP contribution in [0.15, 0.2) is 83.0 Å². The number of amides is 2. The smallest absolute Gasteiger partial charge is 0.338 e. The molecule has 2 N–H and O–H groups in total. The van der Waals surface area contributed by atoms with Crippen molar-refractivity contribution in [3.05, 3.63) is 94.0 Å². The lowest BCUT2D eigenvalue weighted by Crippen LogP contribution is -2.33. The van der Waals surface area contributed by atoms with Crippen molar-refractivity contribution in [3.63, 3.8) is 0 Å². The first kappa shape index (κ1) is 28.0. The number of carbonyl (C=O) groups excluding carboxylic acids is 3. The third-order valence-electron chi connectivity index (χ3n) is 5.52. The van der Waals surface area contributed by atoms with Gasteiger partial charge in [0.2, 0.25) is 11.8 Å². The van der Waals surface area contributed by atoms with Crippen molar-refractivity contribution in [2.45, 2.75) is 18.6 Å². The molecule has 1 aliphatic heterocycles. The Morgan fingerprint density at radius 3 is 2.55 bits per heavy atom. The van der Waals surface area contributed by atoms with Gasteiger partial charge in [0.25, 0.3) is 5.69 Å². The highest BCUT2D eigenvalue weighted by molar-refractivity contribution is 8.16. The molecule has 0 radical (unpaired) electrons. The third kappa shape index (κ3) is 6.88. The number of carbonyl (C=O) groups is 3. The van der Waals surface area contributed by atoms with Gasteiger partial charge >= 0.3 is 5.97 Å². The number of nitro groups is 1. The van der Waals surface area contributed by atoms with Gasteiger partial charge in [-0.2, -0.15) is 5.10 Å². The minimum Gasteiger partial charge on any atom is -0.508 e. The van der Waals surface area contributed by atoms with E-state index in [1.807, 2.05) is 0 Å². The molecule has 1 fully saturated rings. The van der Waals surface area contributed by atoms with Crippen LogP contribution in [0.25, 0.3) is 0 Å². The van der Waals surface area contributed by atoms with Crippen molar-refractivity contribution in [1.29, 1.82) is 0 Å². The number of thioether (sulfide) groups is 1. The Morgan fingerprint density at radius 2 is 1.88 bits per heavy atom. The number of nitrogens with one attached hydrogen (secondary N) is 1. The first-order chi connectivity index (χ1) is 19.2. The Bertz CT molecular complexity index is 1490. The highest BCUT2D eigenvalue weighted by Crippen LogP contribution is 2.34. The van der Waals surface area contributed by atoms with E-state index in [4.69, 9.17) is 4.74 Å². The second kappa shape index (κ2) is 12.7. The van der Waals surface area contributed by atoms with E-state index in [1.54, 1.807) is 25.1 Å². The number of benzene rings is 3. The van der Waals surface area contributed by atoms with Gasteiger partial charge in [-0.1, -0.05) is 23.9 Å². The number of nitrogens with zero attached hydrogens (tertiary/aromatic N) is 4. The predicted molar refractivity (Wildman–Crippen MR) is 151 cm³/mol. The van der Waals surface area contributed by atoms with Gasteiger partial charge in [0.05, 0.1) is 29.0 Å². The number of rotatable bonds is 9. The molecule has 13 heteroatoms. The summed E-state index contributed by atoms with van der Waals surface area (Å²) >= 11 is 1.04. The van der Waals surface area contributed by atoms with Crippen molar-refractivity contribution in [2.75, 3.05) is 16.8 Å². The quantitative estimate of drug-likeness (QED) is 0.169. The van der Waals surface area contributed by atoms with Crippen molar-refractivity contribution < 1.29 is 29.2 Å². The molecule has 2 amide bonds. The maximum Gasteiger partial charge on any atom is 0.338 e. The first-order valence-corrected chi connectivity index (χ1v) is 12.8. The number of hydrogen-bond donors (Lipinski definition) is 2. The lowest BCUT2D eigenvalue weighted by Gasteiger charge is -2.16. The molecular weight excluding hydrogens is 538 g/mol. The van der Waals surface area contributed by atoms with Crippen LogP contribution in [0, 0.1) is 10.1 Å². The molecule has 4 rings (SSSR count). The summed E-state index contributed by atoms with van der Waals surface area (Å²) in [6.45, 7) is 1.95. The number of anilines is 2. The molecule has 3 aromatic carbocycles. The number of hydrogen-bond acceptors (Lipinski definition) is 10. The van der Waals surface area contributed by atoms with Crippen LogP contribution >= 0.6 is 11.8 Å². The SMILES string of the molecule is CCOC(=O)c1ccc(NC(=O)CC2SC(=NN=Cc3cccc([N+](=O)[O-])c3)N(c3ccc(O)cc3)C2=O)cc1. The lowest BCUT2D eigenvalue weighted by molar-refractivity contribution is -0.384. The van der Waals surface area contributed by atoms with Crippen LogP contribution in [0.5, 0.6) is 5.75 Å². The standard InChI is InChI=1S/C27H23N5O7S/c1-2-39-26(36)18-6-8-19(9-7-18)29-24(34)15-23-25(35)31(20-10-12-22(33)13-11-20)27(40-23)30-28-16-17-4-3-5-21(14-17)32(37)38/h3-14,16,23,33H,2,15H2,1H3,(H,29,34).